The maximum atomic E-state index is 12.3. The van der Waals surface area contributed by atoms with Gasteiger partial charge in [0.1, 0.15) is 0 Å². The van der Waals surface area contributed by atoms with Gasteiger partial charge in [0, 0.05) is 12.1 Å². The van der Waals surface area contributed by atoms with Crippen LogP contribution in [-0.4, -0.2) is 36.6 Å². The summed E-state index contributed by atoms with van der Waals surface area (Å²) in [6, 6.07) is 3.14. The molecule has 2 rings (SSSR count). The lowest BCUT2D eigenvalue weighted by atomic mass is 10.1. The summed E-state index contributed by atoms with van der Waals surface area (Å²) in [4.78, 5) is 14.1. The molecule has 98 valence electrons. The van der Waals surface area contributed by atoms with Crippen molar-refractivity contribution in [2.45, 2.75) is 13.0 Å². The quantitative estimate of drug-likeness (QED) is 0.808. The first-order valence-electron chi connectivity index (χ1n) is 5.64. The molecule has 0 aromatic heterocycles. The van der Waals surface area contributed by atoms with Crippen LogP contribution >= 0.6 is 23.2 Å². The van der Waals surface area contributed by atoms with E-state index in [0.29, 0.717) is 36.0 Å². The number of nitrogen functional groups attached to an aromatic ring is 1. The number of morpholine rings is 1. The fourth-order valence-electron chi connectivity index (χ4n) is 1.93. The average Bonchev–Trinajstić information content (AvgIpc) is 2.35. The van der Waals surface area contributed by atoms with E-state index in [2.05, 4.69) is 0 Å². The molecule has 1 aliphatic rings. The Labute approximate surface area is 116 Å². The van der Waals surface area contributed by atoms with Crippen LogP contribution in [0.3, 0.4) is 0 Å². The minimum Gasteiger partial charge on any atom is -0.397 e. The van der Waals surface area contributed by atoms with E-state index in [9.17, 15) is 4.79 Å². The lowest BCUT2D eigenvalue weighted by molar-refractivity contribution is 0.00360. The van der Waals surface area contributed by atoms with Crippen molar-refractivity contribution < 1.29 is 9.53 Å². The average molecular weight is 289 g/mol. The van der Waals surface area contributed by atoms with Crippen molar-refractivity contribution in [2.24, 2.45) is 0 Å². The second-order valence-corrected chi connectivity index (χ2v) is 5.07. The van der Waals surface area contributed by atoms with E-state index >= 15 is 0 Å². The molecule has 0 bridgehead atoms. The van der Waals surface area contributed by atoms with Crippen LogP contribution in [0.4, 0.5) is 5.69 Å². The van der Waals surface area contributed by atoms with E-state index in [4.69, 9.17) is 33.7 Å². The van der Waals surface area contributed by atoms with Gasteiger partial charge in [0.25, 0.3) is 5.91 Å². The van der Waals surface area contributed by atoms with Gasteiger partial charge in [0.15, 0.2) is 0 Å². The molecule has 1 heterocycles. The second kappa shape index (κ2) is 5.34. The molecule has 2 N–H and O–H groups in total. The Bertz CT molecular complexity index is 456. The van der Waals surface area contributed by atoms with Gasteiger partial charge in [0.2, 0.25) is 0 Å². The highest BCUT2D eigenvalue weighted by molar-refractivity contribution is 6.43. The number of nitrogens with two attached hydrogens (primary N) is 1. The standard InChI is InChI=1S/C12H14Cl2N2O2/c1-7-6-18-3-2-16(7)12(17)8-4-9(13)11(14)10(15)5-8/h4-5,7H,2-3,6,15H2,1H3/t7-/m1/s1. The highest BCUT2D eigenvalue weighted by Gasteiger charge is 2.25. The van der Waals surface area contributed by atoms with E-state index in [1.54, 1.807) is 17.0 Å². The Morgan fingerprint density at radius 1 is 1.50 bits per heavy atom. The minimum atomic E-state index is -0.101. The van der Waals surface area contributed by atoms with Crippen molar-refractivity contribution in [1.29, 1.82) is 0 Å². The molecule has 0 radical (unpaired) electrons. The zero-order valence-electron chi connectivity index (χ0n) is 9.95. The highest BCUT2D eigenvalue weighted by Crippen LogP contribution is 2.30. The molecule has 1 aromatic carbocycles. The molecule has 4 nitrogen and oxygen atoms in total. The van der Waals surface area contributed by atoms with E-state index in [1.165, 1.54) is 0 Å². The van der Waals surface area contributed by atoms with Crippen LogP contribution in [0.15, 0.2) is 12.1 Å². The first-order chi connectivity index (χ1) is 8.50. The maximum Gasteiger partial charge on any atom is 0.254 e. The van der Waals surface area contributed by atoms with Crippen LogP contribution in [-0.2, 0) is 4.74 Å². The van der Waals surface area contributed by atoms with Gasteiger partial charge in [-0.05, 0) is 19.1 Å². The predicted molar refractivity (Wildman–Crippen MR) is 72.2 cm³/mol. The van der Waals surface area contributed by atoms with E-state index in [-0.39, 0.29) is 17.0 Å². The molecule has 1 atom stereocenters. The molecular weight excluding hydrogens is 275 g/mol. The molecule has 0 aliphatic carbocycles. The van der Waals surface area contributed by atoms with Crippen molar-refractivity contribution in [3.8, 4) is 0 Å². The van der Waals surface area contributed by atoms with Crippen LogP contribution < -0.4 is 5.73 Å². The smallest absolute Gasteiger partial charge is 0.254 e. The molecule has 18 heavy (non-hydrogen) atoms. The zero-order chi connectivity index (χ0) is 13.3. The largest absolute Gasteiger partial charge is 0.397 e. The molecular formula is C12H14Cl2N2O2. The molecule has 6 heteroatoms. The van der Waals surface area contributed by atoms with Crippen molar-refractivity contribution in [1.82, 2.24) is 4.90 Å². The summed E-state index contributed by atoms with van der Waals surface area (Å²) >= 11 is 11.8. The summed E-state index contributed by atoms with van der Waals surface area (Å²) in [5.74, 6) is -0.101. The topological polar surface area (TPSA) is 55.6 Å². The third kappa shape index (κ3) is 2.55. The zero-order valence-corrected chi connectivity index (χ0v) is 11.5. The number of amides is 1. The minimum absolute atomic E-state index is 0.0435. The Kier molecular flexibility index (Phi) is 4.00. The SMILES string of the molecule is C[C@@H]1COCCN1C(=O)c1cc(N)c(Cl)c(Cl)c1. The molecule has 1 amide bonds. The van der Waals surface area contributed by atoms with E-state index < -0.39 is 0 Å². The van der Waals surface area contributed by atoms with Gasteiger partial charge >= 0.3 is 0 Å². The lowest BCUT2D eigenvalue weighted by Crippen LogP contribution is -2.47. The van der Waals surface area contributed by atoms with Gasteiger partial charge < -0.3 is 15.4 Å². The number of rotatable bonds is 1. The van der Waals surface area contributed by atoms with Crippen molar-refractivity contribution in [3.05, 3.63) is 27.7 Å². The van der Waals surface area contributed by atoms with Crippen LogP contribution in [0.25, 0.3) is 0 Å². The second-order valence-electron chi connectivity index (χ2n) is 4.28. The Balaban J connectivity index is 2.28. The van der Waals surface area contributed by atoms with Gasteiger partial charge in [0.05, 0.1) is 35.0 Å². The number of benzene rings is 1. The van der Waals surface area contributed by atoms with Crippen LogP contribution in [0.5, 0.6) is 0 Å². The summed E-state index contributed by atoms with van der Waals surface area (Å²) in [6.45, 7) is 3.60. The highest BCUT2D eigenvalue weighted by atomic mass is 35.5. The number of halogens is 2. The molecule has 0 unspecified atom stereocenters. The molecule has 0 spiro atoms. The third-order valence-corrected chi connectivity index (χ3v) is 3.75. The van der Waals surface area contributed by atoms with Crippen LogP contribution in [0.1, 0.15) is 17.3 Å². The summed E-state index contributed by atoms with van der Waals surface area (Å²) < 4.78 is 5.30. The first kappa shape index (κ1) is 13.5. The van der Waals surface area contributed by atoms with E-state index in [0.717, 1.165) is 0 Å². The summed E-state index contributed by atoms with van der Waals surface area (Å²) in [6.07, 6.45) is 0. The van der Waals surface area contributed by atoms with Gasteiger partial charge in [-0.1, -0.05) is 23.2 Å². The number of carbonyl (C=O) groups excluding carboxylic acids is 1. The number of ether oxygens (including phenoxy) is 1. The predicted octanol–water partition coefficient (Wildman–Crippen LogP) is 2.44. The number of hydrogen-bond acceptors (Lipinski definition) is 3. The van der Waals surface area contributed by atoms with Gasteiger partial charge in [-0.25, -0.2) is 0 Å². The summed E-state index contributed by atoms with van der Waals surface area (Å²) in [5.41, 5.74) is 6.48. The summed E-state index contributed by atoms with van der Waals surface area (Å²) in [5, 5.41) is 0.573. The Hall–Kier alpha value is -0.970. The van der Waals surface area contributed by atoms with Crippen molar-refractivity contribution in [3.63, 3.8) is 0 Å². The van der Waals surface area contributed by atoms with E-state index in [1.807, 2.05) is 6.92 Å². The number of carbonyl (C=O) groups is 1. The summed E-state index contributed by atoms with van der Waals surface area (Å²) in [7, 11) is 0. The van der Waals surface area contributed by atoms with Crippen LogP contribution in [0.2, 0.25) is 10.0 Å². The number of hydrogen-bond donors (Lipinski definition) is 1. The fourth-order valence-corrected chi connectivity index (χ4v) is 2.26. The first-order valence-corrected chi connectivity index (χ1v) is 6.39. The van der Waals surface area contributed by atoms with Gasteiger partial charge in [-0.3, -0.25) is 4.79 Å². The molecule has 1 aliphatic heterocycles. The van der Waals surface area contributed by atoms with Gasteiger partial charge in [-0.15, -0.1) is 0 Å². The monoisotopic (exact) mass is 288 g/mol. The van der Waals surface area contributed by atoms with Crippen molar-refractivity contribution >= 4 is 34.8 Å². The lowest BCUT2D eigenvalue weighted by Gasteiger charge is -2.33. The molecule has 1 fully saturated rings. The number of anilines is 1. The molecule has 1 saturated heterocycles. The fraction of sp³-hybridized carbons (Fsp3) is 0.417. The van der Waals surface area contributed by atoms with Crippen LogP contribution in [0, 0.1) is 0 Å². The Morgan fingerprint density at radius 2 is 2.22 bits per heavy atom. The maximum absolute atomic E-state index is 12.3. The van der Waals surface area contributed by atoms with Gasteiger partial charge in [-0.2, -0.15) is 0 Å². The normalized spacial score (nSPS) is 19.9. The van der Waals surface area contributed by atoms with Crippen molar-refractivity contribution in [2.75, 3.05) is 25.5 Å². The Morgan fingerprint density at radius 3 is 2.83 bits per heavy atom. The third-order valence-electron chi connectivity index (χ3n) is 2.93. The number of nitrogens with zero attached hydrogens (tertiary/aromatic N) is 1. The molecule has 0 saturated carbocycles. The molecule has 1 aromatic rings.